The van der Waals surface area contributed by atoms with Gasteiger partial charge in [0, 0.05) is 28.2 Å². The van der Waals surface area contributed by atoms with E-state index >= 15 is 0 Å². The standard InChI is InChI=1S/C25H27ClF4N4O3/c1-14-11-23(5-7-24(14,8-6-23)21(35)36)31-22(37)33-9-4-17-19(13-33)34(32-20(17)25(28,29)30)12-15-2-3-16(26)10-18(15)27/h2-3,10,14H,4-9,11-13H2,1H3,(H,31,37)(H,35,36). The van der Waals surface area contributed by atoms with Crippen LogP contribution in [-0.4, -0.2) is 43.9 Å². The molecular formula is C25H27ClF4N4O3. The summed E-state index contributed by atoms with van der Waals surface area (Å²) in [7, 11) is 0. The average molecular weight is 543 g/mol. The molecule has 2 amide bonds. The van der Waals surface area contributed by atoms with Gasteiger partial charge in [-0.25, -0.2) is 9.18 Å². The van der Waals surface area contributed by atoms with Crippen LogP contribution in [-0.2, 0) is 30.5 Å². The summed E-state index contributed by atoms with van der Waals surface area (Å²) in [6.07, 6.45) is -2.15. The lowest BCUT2D eigenvalue weighted by atomic mass is 9.52. The smallest absolute Gasteiger partial charge is 0.435 e. The van der Waals surface area contributed by atoms with Gasteiger partial charge in [-0.05, 0) is 56.6 Å². The van der Waals surface area contributed by atoms with Gasteiger partial charge in [0.25, 0.3) is 0 Å². The molecule has 0 saturated heterocycles. The van der Waals surface area contributed by atoms with Gasteiger partial charge in [0.1, 0.15) is 5.82 Å². The molecule has 0 spiro atoms. The Balaban J connectivity index is 1.37. The molecule has 200 valence electrons. The van der Waals surface area contributed by atoms with Crippen LogP contribution in [0.2, 0.25) is 5.02 Å². The highest BCUT2D eigenvalue weighted by Gasteiger charge is 2.57. The molecule has 2 aromatic rings. The van der Waals surface area contributed by atoms with E-state index in [4.69, 9.17) is 11.6 Å². The molecule has 3 aliphatic carbocycles. The van der Waals surface area contributed by atoms with E-state index in [-0.39, 0.29) is 53.8 Å². The topological polar surface area (TPSA) is 87.5 Å². The number of aliphatic carboxylic acids is 1. The summed E-state index contributed by atoms with van der Waals surface area (Å²) >= 11 is 5.80. The fourth-order valence-electron chi connectivity index (χ4n) is 6.38. The van der Waals surface area contributed by atoms with E-state index in [1.165, 1.54) is 17.0 Å². The lowest BCUT2D eigenvalue weighted by molar-refractivity contribution is -0.162. The number of fused-ring (bicyclic) bond motifs is 4. The summed E-state index contributed by atoms with van der Waals surface area (Å²) in [5, 5.41) is 16.8. The van der Waals surface area contributed by atoms with Crippen LogP contribution in [0.3, 0.4) is 0 Å². The molecule has 2 heterocycles. The summed E-state index contributed by atoms with van der Waals surface area (Å²) in [6.45, 7) is 1.63. The van der Waals surface area contributed by atoms with Gasteiger partial charge < -0.3 is 15.3 Å². The summed E-state index contributed by atoms with van der Waals surface area (Å²) in [5.41, 5.74) is -1.95. The van der Waals surface area contributed by atoms with E-state index in [2.05, 4.69) is 10.4 Å². The maximum atomic E-state index is 14.4. The molecule has 12 heteroatoms. The number of amides is 2. The van der Waals surface area contributed by atoms with E-state index in [0.717, 1.165) is 10.7 Å². The third kappa shape index (κ3) is 4.45. The Hall–Kier alpha value is -2.82. The van der Waals surface area contributed by atoms with Gasteiger partial charge in [0.15, 0.2) is 5.69 Å². The molecule has 1 unspecified atom stereocenters. The van der Waals surface area contributed by atoms with Crippen LogP contribution in [0.25, 0.3) is 0 Å². The molecule has 0 radical (unpaired) electrons. The lowest BCUT2D eigenvalue weighted by Crippen LogP contribution is -2.63. The fourth-order valence-corrected chi connectivity index (χ4v) is 6.54. The van der Waals surface area contributed by atoms with Crippen molar-refractivity contribution in [1.29, 1.82) is 0 Å². The van der Waals surface area contributed by atoms with Crippen molar-refractivity contribution >= 4 is 23.6 Å². The second-order valence-corrected chi connectivity index (χ2v) is 11.0. The third-order valence-corrected chi connectivity index (χ3v) is 8.80. The normalized spacial score (nSPS) is 27.2. The number of benzene rings is 1. The van der Waals surface area contributed by atoms with Crippen LogP contribution in [0.4, 0.5) is 22.4 Å². The van der Waals surface area contributed by atoms with E-state index < -0.39 is 40.6 Å². The second kappa shape index (κ2) is 8.89. The first-order chi connectivity index (χ1) is 17.3. The summed E-state index contributed by atoms with van der Waals surface area (Å²) in [5.74, 6) is -1.56. The highest BCUT2D eigenvalue weighted by Crippen LogP contribution is 2.55. The van der Waals surface area contributed by atoms with Gasteiger partial charge in [0.05, 0.1) is 24.2 Å². The zero-order valence-electron chi connectivity index (χ0n) is 20.2. The minimum Gasteiger partial charge on any atom is -0.481 e. The maximum Gasteiger partial charge on any atom is 0.435 e. The minimum absolute atomic E-state index is 0.0132. The number of aromatic nitrogens is 2. The first kappa shape index (κ1) is 25.8. The van der Waals surface area contributed by atoms with Crippen LogP contribution < -0.4 is 5.32 Å². The second-order valence-electron chi connectivity index (χ2n) is 10.6. The number of hydrogen-bond donors (Lipinski definition) is 2. The summed E-state index contributed by atoms with van der Waals surface area (Å²) < 4.78 is 56.8. The SMILES string of the molecule is CC1CC2(NC(=O)N3CCc4c(C(F)(F)F)nn(Cc5ccc(Cl)cc5F)c4C3)CCC1(C(=O)O)CC2. The molecule has 3 fully saturated rings. The summed E-state index contributed by atoms with van der Waals surface area (Å²) in [6, 6.07) is 3.54. The number of nitrogens with zero attached hydrogens (tertiary/aromatic N) is 3. The number of alkyl halides is 3. The van der Waals surface area contributed by atoms with Crippen molar-refractivity contribution in [2.24, 2.45) is 11.3 Å². The first-order valence-corrected chi connectivity index (χ1v) is 12.6. The molecule has 6 rings (SSSR count). The van der Waals surface area contributed by atoms with Crippen LogP contribution >= 0.6 is 11.6 Å². The van der Waals surface area contributed by atoms with Crippen molar-refractivity contribution in [3.8, 4) is 0 Å². The zero-order chi connectivity index (χ0) is 26.8. The lowest BCUT2D eigenvalue weighted by Gasteiger charge is -2.55. The number of hydrogen-bond acceptors (Lipinski definition) is 3. The quantitative estimate of drug-likeness (QED) is 0.518. The van der Waals surface area contributed by atoms with Crippen LogP contribution in [0, 0.1) is 17.2 Å². The van der Waals surface area contributed by atoms with Crippen molar-refractivity contribution in [2.45, 2.75) is 70.3 Å². The fraction of sp³-hybridized carbons (Fsp3) is 0.560. The highest BCUT2D eigenvalue weighted by molar-refractivity contribution is 6.30. The van der Waals surface area contributed by atoms with Gasteiger partial charge in [-0.3, -0.25) is 9.48 Å². The van der Waals surface area contributed by atoms with Gasteiger partial charge in [-0.1, -0.05) is 24.6 Å². The van der Waals surface area contributed by atoms with E-state index in [1.54, 1.807) is 0 Å². The van der Waals surface area contributed by atoms with Crippen LogP contribution in [0.5, 0.6) is 0 Å². The predicted octanol–water partition coefficient (Wildman–Crippen LogP) is 5.23. The Morgan fingerprint density at radius 1 is 1.24 bits per heavy atom. The number of urea groups is 1. The van der Waals surface area contributed by atoms with Crippen molar-refractivity contribution in [3.05, 3.63) is 51.6 Å². The number of carbonyl (C=O) groups excluding carboxylic acids is 1. The Bertz CT molecular complexity index is 1250. The third-order valence-electron chi connectivity index (χ3n) is 8.57. The first-order valence-electron chi connectivity index (χ1n) is 12.2. The minimum atomic E-state index is -4.69. The molecule has 7 nitrogen and oxygen atoms in total. The van der Waals surface area contributed by atoms with Gasteiger partial charge >= 0.3 is 18.2 Å². The van der Waals surface area contributed by atoms with E-state index in [0.29, 0.717) is 32.1 Å². The van der Waals surface area contributed by atoms with E-state index in [1.807, 2.05) is 6.92 Å². The van der Waals surface area contributed by atoms with Crippen molar-refractivity contribution < 1.29 is 32.3 Å². The molecule has 4 aliphatic rings. The van der Waals surface area contributed by atoms with Crippen molar-refractivity contribution in [1.82, 2.24) is 20.0 Å². The van der Waals surface area contributed by atoms with Crippen molar-refractivity contribution in [3.63, 3.8) is 0 Å². The molecule has 1 aromatic heterocycles. The number of nitrogens with one attached hydrogen (secondary N) is 1. The monoisotopic (exact) mass is 542 g/mol. The Morgan fingerprint density at radius 2 is 1.95 bits per heavy atom. The number of carbonyl (C=O) groups is 2. The molecule has 37 heavy (non-hydrogen) atoms. The zero-order valence-corrected chi connectivity index (χ0v) is 20.9. The number of rotatable bonds is 4. The predicted molar refractivity (Wildman–Crippen MR) is 125 cm³/mol. The largest absolute Gasteiger partial charge is 0.481 e. The van der Waals surface area contributed by atoms with Gasteiger partial charge in [-0.15, -0.1) is 0 Å². The van der Waals surface area contributed by atoms with Crippen LogP contribution in [0.15, 0.2) is 18.2 Å². The Morgan fingerprint density at radius 3 is 2.54 bits per heavy atom. The maximum absolute atomic E-state index is 14.4. The highest BCUT2D eigenvalue weighted by atomic mass is 35.5. The Kier molecular flexibility index (Phi) is 6.20. The number of halogens is 5. The molecule has 2 N–H and O–H groups in total. The van der Waals surface area contributed by atoms with Crippen molar-refractivity contribution in [2.75, 3.05) is 6.54 Å². The molecular weight excluding hydrogens is 516 g/mol. The number of carboxylic acid groups (broad SMARTS) is 1. The van der Waals surface area contributed by atoms with Gasteiger partial charge in [-0.2, -0.15) is 18.3 Å². The Labute approximate surface area is 215 Å². The average Bonchev–Trinajstić information content (AvgIpc) is 3.19. The van der Waals surface area contributed by atoms with Gasteiger partial charge in [0.2, 0.25) is 0 Å². The van der Waals surface area contributed by atoms with E-state index in [9.17, 15) is 32.3 Å². The molecule has 1 aliphatic heterocycles. The molecule has 1 aromatic carbocycles. The van der Waals surface area contributed by atoms with Crippen LogP contribution in [0.1, 0.15) is 61.5 Å². The number of carboxylic acids is 1. The molecule has 1 atom stereocenters. The molecule has 2 bridgehead atoms. The molecule has 3 saturated carbocycles. The summed E-state index contributed by atoms with van der Waals surface area (Å²) in [4.78, 5) is 26.7.